The molecule has 0 N–H and O–H groups in total. The predicted molar refractivity (Wildman–Crippen MR) is 163 cm³/mol. The Morgan fingerprint density at radius 2 is 1.88 bits per heavy atom. The highest BCUT2D eigenvalue weighted by molar-refractivity contribution is 5.98. The predicted octanol–water partition coefficient (Wildman–Crippen LogP) is 6.17. The molecule has 5 rings (SSSR count). The molecule has 8 nitrogen and oxygen atoms in total. The summed E-state index contributed by atoms with van der Waals surface area (Å²) in [6, 6.07) is 17.7. The lowest BCUT2D eigenvalue weighted by Crippen LogP contribution is -2.32. The van der Waals surface area contributed by atoms with Crippen molar-refractivity contribution < 1.29 is 23.8 Å². The van der Waals surface area contributed by atoms with E-state index in [1.165, 1.54) is 0 Å². The molecule has 1 aliphatic rings. The van der Waals surface area contributed by atoms with Gasteiger partial charge in [0.15, 0.2) is 0 Å². The Bertz CT molecular complexity index is 1640. The highest BCUT2D eigenvalue weighted by atomic mass is 16.6. The minimum absolute atomic E-state index is 0.198. The van der Waals surface area contributed by atoms with Crippen LogP contribution in [-0.2, 0) is 26.4 Å². The van der Waals surface area contributed by atoms with Gasteiger partial charge >= 0.3 is 11.9 Å². The van der Waals surface area contributed by atoms with Crippen LogP contribution in [0.3, 0.4) is 0 Å². The molecular weight excluding hydrogens is 530 g/mol. The molecule has 3 heterocycles. The van der Waals surface area contributed by atoms with Crippen LogP contribution < -0.4 is 9.64 Å². The van der Waals surface area contributed by atoms with Gasteiger partial charge in [-0.1, -0.05) is 24.8 Å². The maximum atomic E-state index is 13.5. The van der Waals surface area contributed by atoms with Crippen molar-refractivity contribution in [1.29, 1.82) is 0 Å². The van der Waals surface area contributed by atoms with Gasteiger partial charge in [-0.2, -0.15) is 0 Å². The minimum atomic E-state index is -1.34. The molecule has 42 heavy (non-hydrogen) atoms. The van der Waals surface area contributed by atoms with Gasteiger partial charge in [-0.05, 0) is 58.0 Å². The number of pyridine rings is 1. The van der Waals surface area contributed by atoms with E-state index < -0.39 is 17.5 Å². The van der Waals surface area contributed by atoms with Crippen LogP contribution in [0.15, 0.2) is 73.4 Å². The third-order valence-corrected chi connectivity index (χ3v) is 7.94. The molecule has 0 saturated heterocycles. The number of aromatic nitrogens is 2. The van der Waals surface area contributed by atoms with Crippen LogP contribution in [0.2, 0.25) is 0 Å². The van der Waals surface area contributed by atoms with Gasteiger partial charge in [0.2, 0.25) is 5.60 Å². The number of carbonyl (C=O) groups excluding carboxylic acids is 2. The number of cyclic esters (lactones) is 1. The zero-order chi connectivity index (χ0) is 29.9. The number of anilines is 1. The van der Waals surface area contributed by atoms with Crippen molar-refractivity contribution >= 4 is 28.5 Å². The van der Waals surface area contributed by atoms with Gasteiger partial charge in [0.1, 0.15) is 11.4 Å². The van der Waals surface area contributed by atoms with Crippen molar-refractivity contribution in [3.05, 3.63) is 102 Å². The van der Waals surface area contributed by atoms with Crippen molar-refractivity contribution in [2.75, 3.05) is 31.2 Å². The summed E-state index contributed by atoms with van der Waals surface area (Å²) in [6.07, 6.45) is 3.32. The van der Waals surface area contributed by atoms with E-state index in [-0.39, 0.29) is 13.2 Å². The summed E-state index contributed by atoms with van der Waals surface area (Å²) in [4.78, 5) is 32.1. The van der Waals surface area contributed by atoms with E-state index in [2.05, 4.69) is 55.9 Å². The number of hydrogen-bond donors (Lipinski definition) is 0. The van der Waals surface area contributed by atoms with Gasteiger partial charge in [0.25, 0.3) is 0 Å². The van der Waals surface area contributed by atoms with E-state index in [4.69, 9.17) is 19.2 Å². The number of para-hydroxylation sites is 1. The third-order valence-electron chi connectivity index (χ3n) is 7.94. The van der Waals surface area contributed by atoms with Crippen LogP contribution in [0.1, 0.15) is 60.1 Å². The van der Waals surface area contributed by atoms with Gasteiger partial charge in [-0.15, -0.1) is 0 Å². The second-order valence-corrected chi connectivity index (χ2v) is 10.1. The molecule has 2 aromatic carbocycles. The fraction of sp³-hybridized carbons (Fsp3) is 0.324. The third kappa shape index (κ3) is 4.81. The van der Waals surface area contributed by atoms with Crippen LogP contribution in [0.25, 0.3) is 10.9 Å². The summed E-state index contributed by atoms with van der Waals surface area (Å²) >= 11 is 0. The van der Waals surface area contributed by atoms with Crippen molar-refractivity contribution in [2.24, 2.45) is 0 Å². The number of rotatable bonds is 12. The molecule has 0 spiro atoms. The van der Waals surface area contributed by atoms with E-state index >= 15 is 0 Å². The normalized spacial score (nSPS) is 15.8. The van der Waals surface area contributed by atoms with Crippen LogP contribution in [0.4, 0.5) is 5.69 Å². The molecule has 8 heteroatoms. The first-order valence-electron chi connectivity index (χ1n) is 14.5. The van der Waals surface area contributed by atoms with Gasteiger partial charge in [0, 0.05) is 77.8 Å². The Hall–Kier alpha value is -4.59. The summed E-state index contributed by atoms with van der Waals surface area (Å²) in [7, 11) is 0. The molecule has 0 fully saturated rings. The highest BCUT2D eigenvalue weighted by Crippen LogP contribution is 2.52. The second-order valence-electron chi connectivity index (χ2n) is 10.1. The van der Waals surface area contributed by atoms with Gasteiger partial charge < -0.3 is 23.7 Å². The Morgan fingerprint density at radius 1 is 1.10 bits per heavy atom. The van der Waals surface area contributed by atoms with Gasteiger partial charge in [0.05, 0.1) is 18.8 Å². The number of aryl methyl sites for hydroxylation is 1. The zero-order valence-electron chi connectivity index (χ0n) is 24.7. The first-order valence-corrected chi connectivity index (χ1v) is 14.5. The lowest BCUT2D eigenvalue weighted by atomic mass is 9.80. The largest absolute Gasteiger partial charge is 0.493 e. The summed E-state index contributed by atoms with van der Waals surface area (Å²) in [6.45, 7) is 14.7. The zero-order valence-corrected chi connectivity index (χ0v) is 24.7. The molecular formula is C34H37N3O5. The molecule has 0 radical (unpaired) electrons. The average molecular weight is 568 g/mol. The average Bonchev–Trinajstić information content (AvgIpc) is 3.47. The van der Waals surface area contributed by atoms with E-state index in [9.17, 15) is 9.59 Å². The van der Waals surface area contributed by atoms with Crippen molar-refractivity contribution in [1.82, 2.24) is 9.55 Å². The van der Waals surface area contributed by atoms with Crippen molar-refractivity contribution in [2.45, 2.75) is 46.3 Å². The van der Waals surface area contributed by atoms with Crippen LogP contribution in [0.5, 0.6) is 5.75 Å². The summed E-state index contributed by atoms with van der Waals surface area (Å²) in [5, 5.41) is 0.984. The first-order chi connectivity index (χ1) is 20.4. The SMILES string of the molecule is C=CC(=O)OCCCOc1cc(N(CC)CC)ccc1C1(c2c(C)n(CC)c3ccccc23)OC(=O)c2cccnc21. The first kappa shape index (κ1) is 28.9. The molecule has 4 aromatic rings. The second kappa shape index (κ2) is 12.1. The molecule has 1 unspecified atom stereocenters. The standard InChI is InChI=1S/C34H37N3O5/c1-6-30(38)41-21-13-20-40-29-22-24(36(7-2)8-3)17-18-27(29)34(32-26(33(39)42-34)15-12-19-35-32)31-23(5)37(9-4)28-16-11-10-14-25(28)31/h6,10-12,14-19,22H,1,7-9,13,20-21H2,2-5H3. The fourth-order valence-electron chi connectivity index (χ4n) is 6.04. The fourth-order valence-corrected chi connectivity index (χ4v) is 6.04. The number of hydrogen-bond acceptors (Lipinski definition) is 7. The molecule has 0 aliphatic carbocycles. The number of carbonyl (C=O) groups is 2. The lowest BCUT2D eigenvalue weighted by molar-refractivity contribution is -0.137. The van der Waals surface area contributed by atoms with Crippen LogP contribution >= 0.6 is 0 Å². The maximum absolute atomic E-state index is 13.5. The molecule has 0 bridgehead atoms. The number of fused-ring (bicyclic) bond motifs is 2. The quantitative estimate of drug-likeness (QED) is 0.115. The molecule has 1 atom stereocenters. The Balaban J connectivity index is 1.74. The van der Waals surface area contributed by atoms with E-state index in [1.807, 2.05) is 30.3 Å². The summed E-state index contributed by atoms with van der Waals surface area (Å²) < 4.78 is 20.4. The van der Waals surface area contributed by atoms with Crippen LogP contribution in [-0.4, -0.2) is 47.8 Å². The number of esters is 2. The maximum Gasteiger partial charge on any atom is 0.341 e. The Morgan fingerprint density at radius 3 is 2.62 bits per heavy atom. The number of ether oxygens (including phenoxy) is 3. The molecule has 2 aromatic heterocycles. The number of benzene rings is 2. The topological polar surface area (TPSA) is 82.9 Å². The number of nitrogens with zero attached hydrogens (tertiary/aromatic N) is 3. The molecule has 0 amide bonds. The lowest BCUT2D eigenvalue weighted by Gasteiger charge is -2.32. The van der Waals surface area contributed by atoms with Crippen molar-refractivity contribution in [3.63, 3.8) is 0 Å². The summed E-state index contributed by atoms with van der Waals surface area (Å²) in [5.41, 5.74) is 4.21. The van der Waals surface area contributed by atoms with E-state index in [1.54, 1.807) is 18.3 Å². The van der Waals surface area contributed by atoms with Gasteiger partial charge in [-0.3, -0.25) is 4.98 Å². The molecule has 1 aliphatic heterocycles. The Kier molecular flexibility index (Phi) is 8.34. The molecule has 218 valence electrons. The molecule has 0 saturated carbocycles. The van der Waals surface area contributed by atoms with Crippen LogP contribution in [0, 0.1) is 6.92 Å². The van der Waals surface area contributed by atoms with E-state index in [0.29, 0.717) is 29.0 Å². The van der Waals surface area contributed by atoms with Crippen molar-refractivity contribution in [3.8, 4) is 5.75 Å². The highest BCUT2D eigenvalue weighted by Gasteiger charge is 2.54. The Labute approximate surface area is 246 Å². The monoisotopic (exact) mass is 567 g/mol. The van der Waals surface area contributed by atoms with E-state index in [0.717, 1.165) is 53.6 Å². The minimum Gasteiger partial charge on any atom is -0.493 e. The smallest absolute Gasteiger partial charge is 0.341 e. The van der Waals surface area contributed by atoms with Gasteiger partial charge in [-0.25, -0.2) is 9.59 Å². The summed E-state index contributed by atoms with van der Waals surface area (Å²) in [5.74, 6) is -0.323.